The molecule has 1 saturated heterocycles. The van der Waals surface area contributed by atoms with E-state index < -0.39 is 0 Å². The van der Waals surface area contributed by atoms with E-state index in [2.05, 4.69) is 31.1 Å². The molecule has 122 valence electrons. The number of piperidine rings is 1. The maximum absolute atomic E-state index is 5.88. The van der Waals surface area contributed by atoms with Crippen molar-refractivity contribution in [2.24, 2.45) is 0 Å². The fraction of sp³-hybridized carbons (Fsp3) is 0.333. The predicted molar refractivity (Wildman–Crippen MR) is 89.0 cm³/mol. The zero-order valence-corrected chi connectivity index (χ0v) is 13.4. The summed E-state index contributed by atoms with van der Waals surface area (Å²) in [6, 6.07) is 9.77. The van der Waals surface area contributed by atoms with Gasteiger partial charge in [-0.2, -0.15) is 0 Å². The van der Waals surface area contributed by atoms with E-state index in [4.69, 9.17) is 4.42 Å². The second-order valence-electron chi connectivity index (χ2n) is 6.10. The fourth-order valence-electron chi connectivity index (χ4n) is 3.14. The molecule has 0 bridgehead atoms. The third kappa shape index (κ3) is 3.33. The zero-order valence-electron chi connectivity index (χ0n) is 13.4. The molecule has 1 aliphatic rings. The second kappa shape index (κ2) is 6.88. The van der Waals surface area contributed by atoms with Crippen LogP contribution in [0.25, 0.3) is 11.6 Å². The van der Waals surface area contributed by atoms with E-state index in [1.54, 1.807) is 12.4 Å². The van der Waals surface area contributed by atoms with E-state index in [-0.39, 0.29) is 5.92 Å². The Labute approximate surface area is 140 Å². The molecule has 4 heterocycles. The highest BCUT2D eigenvalue weighted by molar-refractivity contribution is 5.45. The van der Waals surface area contributed by atoms with Crippen LogP contribution < -0.4 is 0 Å². The van der Waals surface area contributed by atoms with Gasteiger partial charge in [0.15, 0.2) is 0 Å². The Hall–Kier alpha value is -2.60. The van der Waals surface area contributed by atoms with Crippen LogP contribution in [0.15, 0.2) is 53.3 Å². The molecule has 0 spiro atoms. The maximum Gasteiger partial charge on any atom is 0.266 e. The molecule has 0 radical (unpaired) electrons. The second-order valence-corrected chi connectivity index (χ2v) is 6.10. The molecule has 3 aromatic heterocycles. The molecule has 4 rings (SSSR count). The van der Waals surface area contributed by atoms with Crippen molar-refractivity contribution in [3.05, 3.63) is 60.4 Å². The number of rotatable bonds is 4. The van der Waals surface area contributed by atoms with Crippen LogP contribution in [0, 0.1) is 0 Å². The first-order chi connectivity index (χ1) is 11.9. The lowest BCUT2D eigenvalue weighted by molar-refractivity contribution is 0.186. The van der Waals surface area contributed by atoms with Gasteiger partial charge in [-0.15, -0.1) is 10.2 Å². The molecule has 24 heavy (non-hydrogen) atoms. The first-order valence-corrected chi connectivity index (χ1v) is 8.24. The molecule has 6 nitrogen and oxygen atoms in total. The maximum atomic E-state index is 5.88. The molecular formula is C18H19N5O. The van der Waals surface area contributed by atoms with E-state index in [9.17, 15) is 0 Å². The van der Waals surface area contributed by atoms with Gasteiger partial charge in [0.05, 0.1) is 5.92 Å². The van der Waals surface area contributed by atoms with Crippen molar-refractivity contribution >= 4 is 0 Å². The Morgan fingerprint density at radius 2 is 2.12 bits per heavy atom. The molecule has 0 saturated carbocycles. The summed E-state index contributed by atoms with van der Waals surface area (Å²) in [5, 5.41) is 8.43. The lowest BCUT2D eigenvalue weighted by atomic mass is 9.97. The quantitative estimate of drug-likeness (QED) is 0.736. The Morgan fingerprint density at radius 3 is 2.96 bits per heavy atom. The molecule has 1 fully saturated rings. The number of aromatic nitrogens is 4. The van der Waals surface area contributed by atoms with Gasteiger partial charge < -0.3 is 4.42 Å². The lowest BCUT2D eigenvalue weighted by Gasteiger charge is -2.30. The topological polar surface area (TPSA) is 67.9 Å². The van der Waals surface area contributed by atoms with Gasteiger partial charge in [0, 0.05) is 31.7 Å². The van der Waals surface area contributed by atoms with Crippen LogP contribution in [0.2, 0.25) is 0 Å². The molecule has 6 heteroatoms. The van der Waals surface area contributed by atoms with Gasteiger partial charge in [-0.3, -0.25) is 14.9 Å². The van der Waals surface area contributed by atoms with Gasteiger partial charge in [-0.05, 0) is 43.1 Å². The van der Waals surface area contributed by atoms with Crippen LogP contribution in [0.1, 0.15) is 30.2 Å². The monoisotopic (exact) mass is 321 g/mol. The average Bonchev–Trinajstić information content (AvgIpc) is 3.14. The molecule has 1 atom stereocenters. The summed E-state index contributed by atoms with van der Waals surface area (Å²) in [5.74, 6) is 1.49. The Bertz CT molecular complexity index is 774. The normalized spacial score (nSPS) is 18.6. The van der Waals surface area contributed by atoms with E-state index in [1.807, 2.05) is 30.5 Å². The Morgan fingerprint density at radius 1 is 1.12 bits per heavy atom. The minimum Gasteiger partial charge on any atom is -0.419 e. The lowest BCUT2D eigenvalue weighted by Crippen LogP contribution is -2.34. The van der Waals surface area contributed by atoms with Gasteiger partial charge in [0.1, 0.15) is 5.69 Å². The summed E-state index contributed by atoms with van der Waals surface area (Å²) in [7, 11) is 0. The summed E-state index contributed by atoms with van der Waals surface area (Å²) in [6.07, 6.45) is 7.67. The van der Waals surface area contributed by atoms with E-state index in [0.29, 0.717) is 11.8 Å². The Balaban J connectivity index is 1.45. The average molecular weight is 321 g/mol. The van der Waals surface area contributed by atoms with Gasteiger partial charge in [-0.1, -0.05) is 12.1 Å². The zero-order chi connectivity index (χ0) is 16.2. The predicted octanol–water partition coefficient (Wildman–Crippen LogP) is 2.91. The molecule has 0 unspecified atom stereocenters. The van der Waals surface area contributed by atoms with E-state index in [1.165, 1.54) is 5.56 Å². The van der Waals surface area contributed by atoms with Gasteiger partial charge in [-0.25, -0.2) is 0 Å². The van der Waals surface area contributed by atoms with Gasteiger partial charge in [0.2, 0.25) is 5.89 Å². The number of likely N-dealkylation sites (tertiary alicyclic amines) is 1. The van der Waals surface area contributed by atoms with Crippen molar-refractivity contribution in [2.45, 2.75) is 25.3 Å². The fourth-order valence-corrected chi connectivity index (χ4v) is 3.14. The highest BCUT2D eigenvalue weighted by atomic mass is 16.4. The number of hydrogen-bond donors (Lipinski definition) is 0. The third-order valence-corrected chi connectivity index (χ3v) is 4.31. The van der Waals surface area contributed by atoms with Crippen LogP contribution in [0.5, 0.6) is 0 Å². The highest BCUT2D eigenvalue weighted by Gasteiger charge is 2.26. The molecule has 0 aliphatic carbocycles. The first-order valence-electron chi connectivity index (χ1n) is 8.24. The van der Waals surface area contributed by atoms with Crippen LogP contribution in [0.4, 0.5) is 0 Å². The van der Waals surface area contributed by atoms with Crippen LogP contribution in [-0.4, -0.2) is 38.2 Å². The highest BCUT2D eigenvalue weighted by Crippen LogP contribution is 2.28. The summed E-state index contributed by atoms with van der Waals surface area (Å²) in [4.78, 5) is 10.9. The molecule has 1 aliphatic heterocycles. The molecule has 3 aromatic rings. The van der Waals surface area contributed by atoms with Crippen molar-refractivity contribution in [1.29, 1.82) is 0 Å². The minimum absolute atomic E-state index is 0.278. The summed E-state index contributed by atoms with van der Waals surface area (Å²) >= 11 is 0. The summed E-state index contributed by atoms with van der Waals surface area (Å²) in [6.45, 7) is 2.93. The standard InChI is InChI=1S/C18H19N5O/c1-2-9-20-16(7-1)18-22-21-17(24-18)15-6-4-10-23(13-15)12-14-5-3-8-19-11-14/h1-3,5,7-9,11,15H,4,6,10,12-13H2/t15-/m0/s1. The number of nitrogens with zero attached hydrogens (tertiary/aromatic N) is 5. The smallest absolute Gasteiger partial charge is 0.266 e. The van der Waals surface area contributed by atoms with Crippen LogP contribution >= 0.6 is 0 Å². The van der Waals surface area contributed by atoms with Crippen LogP contribution in [0.3, 0.4) is 0 Å². The molecular weight excluding hydrogens is 302 g/mol. The molecule has 0 N–H and O–H groups in total. The molecule has 0 amide bonds. The third-order valence-electron chi connectivity index (χ3n) is 4.31. The Kier molecular flexibility index (Phi) is 4.29. The van der Waals surface area contributed by atoms with Crippen molar-refractivity contribution in [3.8, 4) is 11.6 Å². The van der Waals surface area contributed by atoms with Gasteiger partial charge in [0.25, 0.3) is 5.89 Å². The summed E-state index contributed by atoms with van der Waals surface area (Å²) in [5.41, 5.74) is 1.96. The van der Waals surface area contributed by atoms with Crippen molar-refractivity contribution in [3.63, 3.8) is 0 Å². The van der Waals surface area contributed by atoms with Gasteiger partial charge >= 0.3 is 0 Å². The van der Waals surface area contributed by atoms with Crippen molar-refractivity contribution in [1.82, 2.24) is 25.1 Å². The first kappa shape index (κ1) is 15.0. The summed E-state index contributed by atoms with van der Waals surface area (Å²) < 4.78 is 5.88. The molecule has 0 aromatic carbocycles. The van der Waals surface area contributed by atoms with Crippen molar-refractivity contribution < 1.29 is 4.42 Å². The van der Waals surface area contributed by atoms with Crippen molar-refractivity contribution in [2.75, 3.05) is 13.1 Å². The minimum atomic E-state index is 0.278. The van der Waals surface area contributed by atoms with E-state index in [0.717, 1.165) is 38.2 Å². The SMILES string of the molecule is c1ccc(-c2nnc([C@H]3CCCN(Cc4cccnc4)C3)o2)nc1. The largest absolute Gasteiger partial charge is 0.419 e. The van der Waals surface area contributed by atoms with E-state index >= 15 is 0 Å². The van der Waals surface area contributed by atoms with Crippen LogP contribution in [-0.2, 0) is 6.54 Å². The number of hydrogen-bond acceptors (Lipinski definition) is 6. The number of pyridine rings is 2.